The summed E-state index contributed by atoms with van der Waals surface area (Å²) < 4.78 is 14.3. The van der Waals surface area contributed by atoms with Crippen LogP contribution in [0.1, 0.15) is 54.2 Å². The predicted molar refractivity (Wildman–Crippen MR) is 117 cm³/mol. The van der Waals surface area contributed by atoms with Crippen LogP contribution in [0.3, 0.4) is 0 Å². The Balaban J connectivity index is 1.73. The van der Waals surface area contributed by atoms with Crippen LogP contribution in [-0.4, -0.2) is 18.9 Å². The van der Waals surface area contributed by atoms with E-state index in [1.54, 1.807) is 0 Å². The second-order valence-corrected chi connectivity index (χ2v) is 10.1. The number of hydrogen-bond donors (Lipinski definition) is 1. The highest BCUT2D eigenvalue weighted by Gasteiger charge is 2.24. The molecule has 0 atom stereocenters. The fourth-order valence-electron chi connectivity index (χ4n) is 3.51. The van der Waals surface area contributed by atoms with Gasteiger partial charge in [-0.25, -0.2) is 4.39 Å². The molecule has 2 nitrogen and oxygen atoms in total. The van der Waals surface area contributed by atoms with E-state index >= 15 is 0 Å². The molecule has 0 fully saturated rings. The SMILES string of the molecule is CC(C)(C)CC(=O)c1ccc(C[SH+]c2c(Cl)cc(F)c3c2CCNCC3)cc1. The second kappa shape index (κ2) is 8.98. The van der Waals surface area contributed by atoms with Gasteiger partial charge < -0.3 is 5.32 Å². The first-order chi connectivity index (χ1) is 13.2. The zero-order valence-corrected chi connectivity index (χ0v) is 18.4. The van der Waals surface area contributed by atoms with Crippen molar-refractivity contribution in [3.63, 3.8) is 0 Å². The minimum Gasteiger partial charge on any atom is -0.316 e. The third-order valence-electron chi connectivity index (χ3n) is 4.91. The van der Waals surface area contributed by atoms with Gasteiger partial charge in [0.2, 0.25) is 0 Å². The average Bonchev–Trinajstić information content (AvgIpc) is 2.87. The Hall–Kier alpha value is -1.36. The van der Waals surface area contributed by atoms with Gasteiger partial charge in [0.1, 0.15) is 11.6 Å². The molecular formula is C23H28ClFNOS+. The molecule has 150 valence electrons. The summed E-state index contributed by atoms with van der Waals surface area (Å²) in [6.07, 6.45) is 2.04. The number of Topliss-reactive ketones (excluding diaryl/α,β-unsaturated/α-hetero) is 1. The number of thiol groups is 1. The lowest BCUT2D eigenvalue weighted by Crippen LogP contribution is -2.16. The Bertz CT molecular complexity index is 858. The van der Waals surface area contributed by atoms with Crippen LogP contribution in [0.15, 0.2) is 35.2 Å². The third-order valence-corrected chi connectivity index (χ3v) is 6.69. The van der Waals surface area contributed by atoms with E-state index in [9.17, 15) is 9.18 Å². The summed E-state index contributed by atoms with van der Waals surface area (Å²) in [4.78, 5) is 13.4. The van der Waals surface area contributed by atoms with Crippen molar-refractivity contribution < 1.29 is 9.18 Å². The number of hydrogen-bond acceptors (Lipinski definition) is 2. The summed E-state index contributed by atoms with van der Waals surface area (Å²) in [7, 11) is 0. The number of ketones is 1. The second-order valence-electron chi connectivity index (χ2n) is 8.57. The van der Waals surface area contributed by atoms with Crippen LogP contribution >= 0.6 is 11.6 Å². The summed E-state index contributed by atoms with van der Waals surface area (Å²) in [5.41, 5.74) is 3.76. The maximum Gasteiger partial charge on any atom is 0.175 e. The van der Waals surface area contributed by atoms with E-state index in [0.717, 1.165) is 64.2 Å². The molecule has 0 amide bonds. The van der Waals surface area contributed by atoms with E-state index in [1.807, 2.05) is 24.3 Å². The molecule has 1 N–H and O–H groups in total. The summed E-state index contributed by atoms with van der Waals surface area (Å²) in [6.45, 7) is 7.86. The van der Waals surface area contributed by atoms with Crippen molar-refractivity contribution in [1.82, 2.24) is 5.32 Å². The lowest BCUT2D eigenvalue weighted by molar-refractivity contribution is 0.0940. The van der Waals surface area contributed by atoms with Gasteiger partial charge in [0.05, 0.1) is 5.02 Å². The molecule has 0 saturated carbocycles. The van der Waals surface area contributed by atoms with E-state index in [1.165, 1.54) is 6.07 Å². The molecule has 0 radical (unpaired) electrons. The van der Waals surface area contributed by atoms with Gasteiger partial charge in [0.25, 0.3) is 0 Å². The summed E-state index contributed by atoms with van der Waals surface area (Å²) >= 11 is 7.47. The van der Waals surface area contributed by atoms with E-state index in [4.69, 9.17) is 11.6 Å². The van der Waals surface area contributed by atoms with Gasteiger partial charge in [-0.2, -0.15) is 0 Å². The van der Waals surface area contributed by atoms with Crippen LogP contribution in [-0.2, 0) is 30.4 Å². The molecule has 0 spiro atoms. The molecule has 1 aliphatic rings. The van der Waals surface area contributed by atoms with Crippen LogP contribution in [0, 0.1) is 11.2 Å². The van der Waals surface area contributed by atoms with E-state index in [-0.39, 0.29) is 17.0 Å². The summed E-state index contributed by atoms with van der Waals surface area (Å²) in [6, 6.07) is 9.31. The van der Waals surface area contributed by atoms with Crippen molar-refractivity contribution in [2.75, 3.05) is 13.1 Å². The number of fused-ring (bicyclic) bond motifs is 1. The lowest BCUT2D eigenvalue weighted by atomic mass is 9.88. The molecule has 5 heteroatoms. The van der Waals surface area contributed by atoms with Gasteiger partial charge >= 0.3 is 0 Å². The molecule has 0 saturated heterocycles. The fraction of sp³-hybridized carbons (Fsp3) is 0.435. The Morgan fingerprint density at radius 2 is 1.79 bits per heavy atom. The summed E-state index contributed by atoms with van der Waals surface area (Å²) in [5, 5.41) is 3.84. The maximum absolute atomic E-state index is 14.3. The van der Waals surface area contributed by atoms with E-state index in [2.05, 4.69) is 26.1 Å². The molecule has 1 aliphatic heterocycles. The first kappa shape index (κ1) is 21.4. The van der Waals surface area contributed by atoms with Crippen molar-refractivity contribution in [3.8, 4) is 0 Å². The van der Waals surface area contributed by atoms with Gasteiger partial charge in [-0.05, 0) is 43.0 Å². The van der Waals surface area contributed by atoms with Crippen LogP contribution < -0.4 is 5.32 Å². The number of carbonyl (C=O) groups excluding carboxylic acids is 1. The zero-order valence-electron chi connectivity index (χ0n) is 16.7. The van der Waals surface area contributed by atoms with Crippen LogP contribution in [0.4, 0.5) is 4.39 Å². The third kappa shape index (κ3) is 5.37. The lowest BCUT2D eigenvalue weighted by Gasteiger charge is -2.16. The standard InChI is InChI=1S/C23H27ClFNOS/c1-23(2,3)13-21(27)16-6-4-15(5-7-16)14-28-22-18-9-11-26-10-8-17(18)20(25)12-19(22)24/h4-7,12,26H,8-11,13-14H2,1-3H3/p+1. The first-order valence-corrected chi connectivity index (χ1v) is 11.2. The normalized spacial score (nSPS) is 14.5. The maximum atomic E-state index is 14.3. The first-order valence-electron chi connectivity index (χ1n) is 9.75. The van der Waals surface area contributed by atoms with E-state index in [0.29, 0.717) is 17.9 Å². The highest BCUT2D eigenvalue weighted by Crippen LogP contribution is 2.31. The van der Waals surface area contributed by atoms with Crippen molar-refractivity contribution in [3.05, 3.63) is 63.4 Å². The van der Waals surface area contributed by atoms with Gasteiger partial charge in [-0.15, -0.1) is 0 Å². The van der Waals surface area contributed by atoms with Gasteiger partial charge in [-0.3, -0.25) is 4.79 Å². The van der Waals surface area contributed by atoms with Crippen molar-refractivity contribution >= 4 is 29.1 Å². The van der Waals surface area contributed by atoms with Gasteiger partial charge in [0, 0.05) is 34.9 Å². The molecule has 0 unspecified atom stereocenters. The average molecular weight is 421 g/mol. The molecule has 28 heavy (non-hydrogen) atoms. The smallest absolute Gasteiger partial charge is 0.175 e. The molecule has 0 aromatic heterocycles. The van der Waals surface area contributed by atoms with Gasteiger partial charge in [-0.1, -0.05) is 56.6 Å². The molecule has 2 aromatic carbocycles. The van der Waals surface area contributed by atoms with Crippen molar-refractivity contribution in [2.24, 2.45) is 5.41 Å². The Kier molecular flexibility index (Phi) is 6.85. The Morgan fingerprint density at radius 1 is 1.14 bits per heavy atom. The highest BCUT2D eigenvalue weighted by molar-refractivity contribution is 7.78. The van der Waals surface area contributed by atoms with Gasteiger partial charge in [0.15, 0.2) is 10.7 Å². The number of rotatable bonds is 5. The van der Waals surface area contributed by atoms with Crippen molar-refractivity contribution in [2.45, 2.75) is 50.7 Å². The fourth-order valence-corrected chi connectivity index (χ4v) is 5.10. The largest absolute Gasteiger partial charge is 0.316 e. The molecular weight excluding hydrogens is 393 g/mol. The monoisotopic (exact) mass is 420 g/mol. The minimum absolute atomic E-state index is 0.0135. The van der Waals surface area contributed by atoms with E-state index < -0.39 is 0 Å². The number of nitrogens with one attached hydrogen (secondary N) is 1. The molecule has 3 rings (SSSR count). The Labute approximate surface area is 176 Å². The Morgan fingerprint density at radius 3 is 2.43 bits per heavy atom. The zero-order chi connectivity index (χ0) is 20.3. The predicted octanol–water partition coefficient (Wildman–Crippen LogP) is 5.16. The molecule has 0 bridgehead atoms. The highest BCUT2D eigenvalue weighted by atomic mass is 35.5. The van der Waals surface area contributed by atoms with Crippen LogP contribution in [0.2, 0.25) is 5.02 Å². The van der Waals surface area contributed by atoms with Crippen LogP contribution in [0.5, 0.6) is 0 Å². The number of carbonyl (C=O) groups is 1. The minimum atomic E-state index is -0.190. The number of halogens is 2. The topological polar surface area (TPSA) is 29.1 Å². The quantitative estimate of drug-likeness (QED) is 0.411. The molecule has 2 aromatic rings. The van der Waals surface area contributed by atoms with Crippen LogP contribution in [0.25, 0.3) is 0 Å². The molecule has 0 aliphatic carbocycles. The molecule has 1 heterocycles. The number of benzene rings is 2. The summed E-state index contributed by atoms with van der Waals surface area (Å²) in [5.74, 6) is 0.777. The van der Waals surface area contributed by atoms with Crippen molar-refractivity contribution in [1.29, 1.82) is 0 Å².